The van der Waals surface area contributed by atoms with Crippen molar-refractivity contribution in [2.75, 3.05) is 6.61 Å². The minimum atomic E-state index is -0.887. The Bertz CT molecular complexity index is 682. The van der Waals surface area contributed by atoms with Gasteiger partial charge < -0.3 is 15.2 Å². The van der Waals surface area contributed by atoms with Crippen molar-refractivity contribution in [1.29, 1.82) is 0 Å². The molecule has 0 radical (unpaired) electrons. The highest BCUT2D eigenvalue weighted by molar-refractivity contribution is 5.86. The zero-order chi connectivity index (χ0) is 17.1. The van der Waals surface area contributed by atoms with Crippen molar-refractivity contribution in [3.05, 3.63) is 54.6 Å². The van der Waals surface area contributed by atoms with Gasteiger partial charge in [-0.1, -0.05) is 43.0 Å². The van der Waals surface area contributed by atoms with E-state index in [-0.39, 0.29) is 17.7 Å². The van der Waals surface area contributed by atoms with Crippen molar-refractivity contribution in [3.63, 3.8) is 0 Å². The fraction of sp³-hybridized carbons (Fsp3) is 0.368. The van der Waals surface area contributed by atoms with Crippen molar-refractivity contribution in [2.45, 2.75) is 13.0 Å². The molecule has 1 aromatic carbocycles. The average Bonchev–Trinajstić information content (AvgIpc) is 3.19. The van der Waals surface area contributed by atoms with E-state index in [1.54, 1.807) is 6.08 Å². The molecule has 1 amide bonds. The molecule has 0 spiro atoms. The number of para-hydroxylation sites is 1. The molecule has 5 nitrogen and oxygen atoms in total. The molecule has 0 heterocycles. The molecule has 4 atom stereocenters. The maximum absolute atomic E-state index is 12.6. The summed E-state index contributed by atoms with van der Waals surface area (Å²) in [6, 6.07) is 7.47. The third-order valence-corrected chi connectivity index (χ3v) is 4.83. The quantitative estimate of drug-likeness (QED) is 0.754. The molecule has 126 valence electrons. The third kappa shape index (κ3) is 3.07. The average molecular weight is 327 g/mol. The molecule has 1 fully saturated rings. The number of nitrogens with one attached hydrogen (secondary N) is 1. The second-order valence-corrected chi connectivity index (χ2v) is 6.26. The number of carbonyl (C=O) groups is 2. The van der Waals surface area contributed by atoms with Gasteiger partial charge in [0, 0.05) is 12.1 Å². The van der Waals surface area contributed by atoms with Gasteiger partial charge >= 0.3 is 5.97 Å². The van der Waals surface area contributed by atoms with Crippen LogP contribution in [0.3, 0.4) is 0 Å². The van der Waals surface area contributed by atoms with E-state index in [0.717, 1.165) is 12.0 Å². The molecule has 0 aliphatic heterocycles. The molecule has 5 heteroatoms. The van der Waals surface area contributed by atoms with Crippen molar-refractivity contribution in [1.82, 2.24) is 5.32 Å². The lowest BCUT2D eigenvalue weighted by atomic mass is 9.82. The van der Waals surface area contributed by atoms with E-state index in [1.807, 2.05) is 36.4 Å². The summed E-state index contributed by atoms with van der Waals surface area (Å²) in [6.45, 7) is 4.33. The van der Waals surface area contributed by atoms with Gasteiger partial charge in [0.2, 0.25) is 5.91 Å². The van der Waals surface area contributed by atoms with Crippen molar-refractivity contribution < 1.29 is 19.4 Å². The van der Waals surface area contributed by atoms with E-state index < -0.39 is 17.8 Å². The molecular weight excluding hydrogens is 306 g/mol. The number of carboxylic acids is 1. The summed E-state index contributed by atoms with van der Waals surface area (Å²) in [5.74, 6) is -1.49. The molecule has 2 aliphatic carbocycles. The van der Waals surface area contributed by atoms with Crippen LogP contribution in [-0.4, -0.2) is 23.6 Å². The lowest BCUT2D eigenvalue weighted by Gasteiger charge is -2.24. The van der Waals surface area contributed by atoms with Crippen LogP contribution in [0.15, 0.2) is 49.1 Å². The summed E-state index contributed by atoms with van der Waals surface area (Å²) in [7, 11) is 0. The molecule has 2 aliphatic rings. The van der Waals surface area contributed by atoms with Crippen LogP contribution in [0, 0.1) is 23.7 Å². The highest BCUT2D eigenvalue weighted by Gasteiger charge is 2.51. The Morgan fingerprint density at radius 1 is 1.25 bits per heavy atom. The molecule has 2 bridgehead atoms. The van der Waals surface area contributed by atoms with Crippen molar-refractivity contribution in [2.24, 2.45) is 23.7 Å². The first-order valence-corrected chi connectivity index (χ1v) is 8.12. The third-order valence-electron chi connectivity index (χ3n) is 4.83. The molecule has 1 saturated carbocycles. The first-order chi connectivity index (χ1) is 11.6. The smallest absolute Gasteiger partial charge is 0.307 e. The fourth-order valence-electron chi connectivity index (χ4n) is 3.76. The zero-order valence-electron chi connectivity index (χ0n) is 13.4. The lowest BCUT2D eigenvalue weighted by molar-refractivity contribution is -0.147. The van der Waals surface area contributed by atoms with Gasteiger partial charge in [0.25, 0.3) is 0 Å². The molecule has 0 aromatic heterocycles. The van der Waals surface area contributed by atoms with Crippen LogP contribution in [-0.2, 0) is 16.1 Å². The Balaban J connectivity index is 1.67. The number of hydrogen-bond donors (Lipinski definition) is 2. The molecule has 0 saturated heterocycles. The predicted octanol–water partition coefficient (Wildman–Crippen LogP) is 2.39. The van der Waals surface area contributed by atoms with E-state index >= 15 is 0 Å². The summed E-state index contributed by atoms with van der Waals surface area (Å²) < 4.78 is 5.58. The van der Waals surface area contributed by atoms with E-state index in [0.29, 0.717) is 18.9 Å². The Morgan fingerprint density at radius 2 is 1.96 bits per heavy atom. The predicted molar refractivity (Wildman–Crippen MR) is 89.3 cm³/mol. The summed E-state index contributed by atoms with van der Waals surface area (Å²) >= 11 is 0. The minimum absolute atomic E-state index is 0.0218. The van der Waals surface area contributed by atoms with Gasteiger partial charge in [-0.2, -0.15) is 0 Å². The second kappa shape index (κ2) is 6.91. The first kappa shape index (κ1) is 16.3. The number of allylic oxidation sites excluding steroid dienone is 2. The summed E-state index contributed by atoms with van der Waals surface area (Å²) in [5.41, 5.74) is 0.860. The molecular formula is C19H21NO4. The van der Waals surface area contributed by atoms with E-state index in [4.69, 9.17) is 4.74 Å². The number of hydrogen-bond acceptors (Lipinski definition) is 3. The van der Waals surface area contributed by atoms with Gasteiger partial charge in [-0.3, -0.25) is 9.59 Å². The van der Waals surface area contributed by atoms with Gasteiger partial charge in [-0.15, -0.1) is 0 Å². The van der Waals surface area contributed by atoms with Crippen molar-refractivity contribution in [3.8, 4) is 5.75 Å². The summed E-state index contributed by atoms with van der Waals surface area (Å²) in [6.07, 6.45) is 6.34. The Hall–Kier alpha value is -2.56. The first-order valence-electron chi connectivity index (χ1n) is 8.12. The number of aliphatic carboxylic acids is 1. The lowest BCUT2D eigenvalue weighted by Crippen LogP contribution is -2.39. The SMILES string of the molecule is C=CCOc1ccccc1CNC(=O)C1C2C=CC(C2)C1C(=O)O. The van der Waals surface area contributed by atoms with Gasteiger partial charge in [0.1, 0.15) is 12.4 Å². The van der Waals surface area contributed by atoms with Crippen molar-refractivity contribution >= 4 is 11.9 Å². The van der Waals surface area contributed by atoms with Crippen LogP contribution in [0.2, 0.25) is 0 Å². The van der Waals surface area contributed by atoms with Crippen LogP contribution >= 0.6 is 0 Å². The van der Waals surface area contributed by atoms with E-state index in [9.17, 15) is 14.7 Å². The number of benzene rings is 1. The Kier molecular flexibility index (Phi) is 4.69. The molecule has 24 heavy (non-hydrogen) atoms. The summed E-state index contributed by atoms with van der Waals surface area (Å²) in [5, 5.41) is 12.3. The van der Waals surface area contributed by atoms with Crippen LogP contribution in [0.25, 0.3) is 0 Å². The van der Waals surface area contributed by atoms with Crippen LogP contribution in [0.1, 0.15) is 12.0 Å². The number of ether oxygens (including phenoxy) is 1. The standard InChI is InChI=1S/C19H21NO4/c1-2-9-24-15-6-4-3-5-14(15)11-20-18(21)16-12-7-8-13(10-12)17(16)19(22)23/h2-8,12-13,16-17H,1,9-11H2,(H,20,21)(H,22,23). The number of carbonyl (C=O) groups excluding carboxylic acids is 1. The number of carboxylic acid groups (broad SMARTS) is 1. The summed E-state index contributed by atoms with van der Waals surface area (Å²) in [4.78, 5) is 24.1. The molecule has 1 aromatic rings. The normalized spacial score (nSPS) is 27.0. The minimum Gasteiger partial charge on any atom is -0.489 e. The Labute approximate surface area is 141 Å². The maximum Gasteiger partial charge on any atom is 0.307 e. The highest BCUT2D eigenvalue weighted by atomic mass is 16.5. The van der Waals surface area contributed by atoms with E-state index in [1.165, 1.54) is 0 Å². The van der Waals surface area contributed by atoms with Gasteiger partial charge in [-0.25, -0.2) is 0 Å². The Morgan fingerprint density at radius 3 is 2.67 bits per heavy atom. The maximum atomic E-state index is 12.6. The highest BCUT2D eigenvalue weighted by Crippen LogP contribution is 2.48. The number of amides is 1. The molecule has 4 unspecified atom stereocenters. The van der Waals surface area contributed by atoms with E-state index in [2.05, 4.69) is 11.9 Å². The topological polar surface area (TPSA) is 75.6 Å². The molecule has 3 rings (SSSR count). The monoisotopic (exact) mass is 327 g/mol. The van der Waals surface area contributed by atoms with Gasteiger partial charge in [-0.05, 0) is 24.3 Å². The largest absolute Gasteiger partial charge is 0.489 e. The molecule has 2 N–H and O–H groups in total. The van der Waals surface area contributed by atoms with Gasteiger partial charge in [0.05, 0.1) is 11.8 Å². The zero-order valence-corrected chi connectivity index (χ0v) is 13.4. The number of fused-ring (bicyclic) bond motifs is 2. The second-order valence-electron chi connectivity index (χ2n) is 6.26. The van der Waals surface area contributed by atoms with Crippen LogP contribution < -0.4 is 10.1 Å². The van der Waals surface area contributed by atoms with Crippen LogP contribution in [0.4, 0.5) is 0 Å². The van der Waals surface area contributed by atoms with Crippen LogP contribution in [0.5, 0.6) is 5.75 Å². The number of rotatable bonds is 7. The fourth-order valence-corrected chi connectivity index (χ4v) is 3.76. The van der Waals surface area contributed by atoms with Gasteiger partial charge in [0.15, 0.2) is 0 Å².